The zero-order valence-corrected chi connectivity index (χ0v) is 19.4. The Morgan fingerprint density at radius 3 is 2.47 bits per heavy atom. The lowest BCUT2D eigenvalue weighted by Gasteiger charge is -2.28. The number of carbonyl (C=O) groups excluding carboxylic acids is 1. The summed E-state index contributed by atoms with van der Waals surface area (Å²) in [6.07, 6.45) is -2.94. The number of alkyl halides is 3. The van der Waals surface area contributed by atoms with Crippen LogP contribution in [0.5, 0.6) is 0 Å². The van der Waals surface area contributed by atoms with Gasteiger partial charge in [-0.05, 0) is 49.2 Å². The second kappa shape index (κ2) is 9.81. The first-order valence-corrected chi connectivity index (χ1v) is 10.8. The number of pyridine rings is 1. The van der Waals surface area contributed by atoms with Gasteiger partial charge in [-0.25, -0.2) is 4.98 Å². The average Bonchev–Trinajstić information content (AvgIpc) is 2.74. The lowest BCUT2D eigenvalue weighted by molar-refractivity contribution is -0.141. The van der Waals surface area contributed by atoms with Gasteiger partial charge in [0.05, 0.1) is 29.5 Å². The number of allylic oxidation sites excluding steroid dienone is 1. The monoisotopic (exact) mass is 486 g/mol. The minimum atomic E-state index is -4.53. The van der Waals surface area contributed by atoms with E-state index in [0.717, 1.165) is 6.07 Å². The smallest absolute Gasteiger partial charge is 0.378 e. The van der Waals surface area contributed by atoms with Crippen LogP contribution in [-0.4, -0.2) is 42.1 Å². The molecule has 1 aromatic carbocycles. The lowest BCUT2D eigenvalue weighted by atomic mass is 9.91. The number of hydrogen-bond donors (Lipinski definition) is 0. The van der Waals surface area contributed by atoms with Gasteiger partial charge in [-0.3, -0.25) is 4.79 Å². The van der Waals surface area contributed by atoms with Crippen LogP contribution in [0.25, 0.3) is 6.08 Å². The molecule has 1 aromatic heterocycles. The normalized spacial score (nSPS) is 16.2. The highest BCUT2D eigenvalue weighted by molar-refractivity contribution is 6.38. The summed E-state index contributed by atoms with van der Waals surface area (Å²) in [5.41, 5.74) is 1.46. The van der Waals surface area contributed by atoms with Crippen molar-refractivity contribution in [1.29, 1.82) is 0 Å². The maximum Gasteiger partial charge on any atom is 0.433 e. The van der Waals surface area contributed by atoms with Crippen molar-refractivity contribution < 1.29 is 22.7 Å². The molecule has 0 radical (unpaired) electrons. The number of hydrogen-bond acceptors (Lipinski definition) is 3. The minimum Gasteiger partial charge on any atom is -0.378 e. The van der Waals surface area contributed by atoms with Crippen molar-refractivity contribution in [1.82, 2.24) is 9.88 Å². The number of halogens is 5. The molecule has 1 unspecified atom stereocenters. The molecule has 1 aliphatic heterocycles. The maximum absolute atomic E-state index is 13.1. The molecule has 0 bridgehead atoms. The first-order valence-electron chi connectivity index (χ1n) is 10.1. The van der Waals surface area contributed by atoms with Crippen LogP contribution >= 0.6 is 23.2 Å². The Labute approximate surface area is 195 Å². The van der Waals surface area contributed by atoms with Gasteiger partial charge in [-0.2, -0.15) is 13.2 Å². The Morgan fingerprint density at radius 1 is 1.19 bits per heavy atom. The number of carbonyl (C=O) groups is 1. The van der Waals surface area contributed by atoms with E-state index in [2.05, 4.69) is 4.98 Å². The van der Waals surface area contributed by atoms with Crippen LogP contribution in [0.15, 0.2) is 29.8 Å². The van der Waals surface area contributed by atoms with Crippen LogP contribution in [0.1, 0.15) is 52.6 Å². The third-order valence-electron chi connectivity index (χ3n) is 5.56. The van der Waals surface area contributed by atoms with Crippen LogP contribution in [0.4, 0.5) is 13.2 Å². The number of rotatable bonds is 4. The number of benzene rings is 1. The van der Waals surface area contributed by atoms with Crippen LogP contribution in [0.2, 0.25) is 10.0 Å². The molecule has 0 saturated carbocycles. The second-order valence-electron chi connectivity index (χ2n) is 7.73. The lowest BCUT2D eigenvalue weighted by Crippen LogP contribution is -2.40. The van der Waals surface area contributed by atoms with Crippen LogP contribution in [-0.2, 0) is 10.9 Å². The molecule has 0 spiro atoms. The molecule has 172 valence electrons. The molecule has 4 nitrogen and oxygen atoms in total. The predicted octanol–water partition coefficient (Wildman–Crippen LogP) is 6.40. The molecule has 1 atom stereocenters. The summed E-state index contributed by atoms with van der Waals surface area (Å²) in [6.45, 7) is 7.18. The third kappa shape index (κ3) is 5.27. The third-order valence-corrected chi connectivity index (χ3v) is 6.30. The fourth-order valence-corrected chi connectivity index (χ4v) is 4.26. The Bertz CT molecular complexity index is 1050. The summed E-state index contributed by atoms with van der Waals surface area (Å²) >= 11 is 13.1. The fourth-order valence-electron chi connectivity index (χ4n) is 3.49. The molecule has 3 rings (SSSR count). The number of ether oxygens (including phenoxy) is 1. The van der Waals surface area contributed by atoms with E-state index in [1.165, 1.54) is 6.07 Å². The molecule has 2 heterocycles. The Balaban J connectivity index is 1.97. The van der Waals surface area contributed by atoms with Gasteiger partial charge in [0.2, 0.25) is 0 Å². The first-order chi connectivity index (χ1) is 15.0. The largest absolute Gasteiger partial charge is 0.433 e. The molecule has 1 amide bonds. The summed E-state index contributed by atoms with van der Waals surface area (Å²) < 4.78 is 44.5. The zero-order valence-electron chi connectivity index (χ0n) is 17.9. The molecule has 1 fully saturated rings. The van der Waals surface area contributed by atoms with Crippen LogP contribution in [0.3, 0.4) is 0 Å². The van der Waals surface area contributed by atoms with E-state index in [1.54, 1.807) is 37.0 Å². The van der Waals surface area contributed by atoms with E-state index < -0.39 is 11.9 Å². The van der Waals surface area contributed by atoms with E-state index in [1.807, 2.05) is 6.92 Å². The Hall–Kier alpha value is -2.09. The molecule has 9 heteroatoms. The molecule has 1 aliphatic rings. The summed E-state index contributed by atoms with van der Waals surface area (Å²) in [6, 6.07) is 5.56. The number of nitrogens with zero attached hydrogens (tertiary/aromatic N) is 2. The zero-order chi connectivity index (χ0) is 23.6. The Kier molecular flexibility index (Phi) is 7.53. The van der Waals surface area contributed by atoms with E-state index >= 15 is 0 Å². The van der Waals surface area contributed by atoms with E-state index in [-0.39, 0.29) is 22.5 Å². The summed E-state index contributed by atoms with van der Waals surface area (Å²) in [7, 11) is 0. The number of morpholine rings is 1. The van der Waals surface area contributed by atoms with Crippen LogP contribution in [0, 0.1) is 6.92 Å². The van der Waals surface area contributed by atoms with E-state index in [4.69, 9.17) is 27.9 Å². The second-order valence-corrected chi connectivity index (χ2v) is 8.52. The highest BCUT2D eigenvalue weighted by Gasteiger charge is 2.32. The summed E-state index contributed by atoms with van der Waals surface area (Å²) in [4.78, 5) is 18.4. The van der Waals surface area contributed by atoms with E-state index in [0.29, 0.717) is 53.6 Å². The van der Waals surface area contributed by atoms with Gasteiger partial charge in [0, 0.05) is 24.0 Å². The molecule has 0 N–H and O–H groups in total. The molecular formula is C23H23Cl2F3N2O2. The highest BCUT2D eigenvalue weighted by atomic mass is 35.5. The van der Waals surface area contributed by atoms with E-state index in [9.17, 15) is 18.0 Å². The van der Waals surface area contributed by atoms with Gasteiger partial charge >= 0.3 is 6.18 Å². The SMILES string of the molecule is C/C(=C\c1nc(C(F)(F)F)ccc1C)C(C)c1c(Cl)ccc(C(=O)N2CCOCC2)c1Cl. The molecule has 32 heavy (non-hydrogen) atoms. The van der Waals surface area contributed by atoms with Crippen molar-refractivity contribution in [2.75, 3.05) is 26.3 Å². The van der Waals surface area contributed by atoms with Crippen molar-refractivity contribution >= 4 is 35.2 Å². The standard InChI is InChI=1S/C23H23Cl2F3N2O2/c1-13-4-7-19(23(26,27)28)29-18(13)12-14(2)15(3)20-17(24)6-5-16(21(20)25)22(31)30-8-10-32-11-9-30/h4-7,12,15H,8-11H2,1-3H3/b14-12+. The topological polar surface area (TPSA) is 42.4 Å². The minimum absolute atomic E-state index is 0.208. The number of aromatic nitrogens is 1. The van der Waals surface area contributed by atoms with Crippen molar-refractivity contribution in [2.24, 2.45) is 0 Å². The van der Waals surface area contributed by atoms with Gasteiger partial charge in [0.15, 0.2) is 0 Å². The average molecular weight is 487 g/mol. The van der Waals surface area contributed by atoms with Crippen LogP contribution < -0.4 is 0 Å². The van der Waals surface area contributed by atoms with Crippen molar-refractivity contribution in [3.63, 3.8) is 0 Å². The fraction of sp³-hybridized carbons (Fsp3) is 0.391. The van der Waals surface area contributed by atoms with Gasteiger partial charge in [-0.15, -0.1) is 0 Å². The molecule has 2 aromatic rings. The number of aryl methyl sites for hydroxylation is 1. The number of amides is 1. The molecule has 1 saturated heterocycles. The van der Waals surface area contributed by atoms with Gasteiger partial charge in [0.1, 0.15) is 5.69 Å². The summed E-state index contributed by atoms with van der Waals surface area (Å²) in [5.74, 6) is -0.566. The quantitative estimate of drug-likeness (QED) is 0.502. The van der Waals surface area contributed by atoms with Gasteiger partial charge in [0.25, 0.3) is 5.91 Å². The van der Waals surface area contributed by atoms with Crippen molar-refractivity contribution in [3.8, 4) is 0 Å². The maximum atomic E-state index is 13.1. The Morgan fingerprint density at radius 2 is 1.84 bits per heavy atom. The predicted molar refractivity (Wildman–Crippen MR) is 119 cm³/mol. The molecular weight excluding hydrogens is 464 g/mol. The van der Waals surface area contributed by atoms with Gasteiger partial charge in [-0.1, -0.05) is 41.8 Å². The van der Waals surface area contributed by atoms with Crippen molar-refractivity contribution in [3.05, 3.63) is 68.0 Å². The van der Waals surface area contributed by atoms with Crippen molar-refractivity contribution in [2.45, 2.75) is 32.9 Å². The molecule has 0 aliphatic carbocycles. The van der Waals surface area contributed by atoms with Gasteiger partial charge < -0.3 is 9.64 Å². The summed E-state index contributed by atoms with van der Waals surface area (Å²) in [5, 5.41) is 0.616. The first kappa shape index (κ1) is 24.6. The highest BCUT2D eigenvalue weighted by Crippen LogP contribution is 2.38.